The van der Waals surface area contributed by atoms with Crippen LogP contribution in [0.25, 0.3) is 0 Å². The number of nitrogens with zero attached hydrogens (tertiary/aromatic N) is 2. The van der Waals surface area contributed by atoms with Crippen LogP contribution in [-0.4, -0.2) is 18.0 Å². The lowest BCUT2D eigenvalue weighted by atomic mass is 10.2. The molecule has 2 aromatic carbocycles. The van der Waals surface area contributed by atoms with E-state index < -0.39 is 0 Å². The van der Waals surface area contributed by atoms with Gasteiger partial charge in [0.05, 0.1) is 12.2 Å². The quantitative estimate of drug-likeness (QED) is 0.303. The Morgan fingerprint density at radius 3 is 2.18 bits per heavy atom. The monoisotopic (exact) mass is 492 g/mol. The van der Waals surface area contributed by atoms with Gasteiger partial charge in [0.15, 0.2) is 5.96 Å². The topological polar surface area (TPSA) is 58.5 Å². The number of guanidine groups is 1. The molecule has 0 amide bonds. The van der Waals surface area contributed by atoms with Gasteiger partial charge >= 0.3 is 0 Å². The normalized spacial score (nSPS) is 10.7. The van der Waals surface area contributed by atoms with E-state index in [1.807, 2.05) is 42.5 Å². The van der Waals surface area contributed by atoms with Crippen molar-refractivity contribution in [3.63, 3.8) is 0 Å². The maximum absolute atomic E-state index is 12.9. The molecular formula is C21H22FIN4O. The van der Waals surface area contributed by atoms with Crippen molar-refractivity contribution in [2.24, 2.45) is 4.99 Å². The predicted octanol–water partition coefficient (Wildman–Crippen LogP) is 4.50. The van der Waals surface area contributed by atoms with Crippen molar-refractivity contribution in [3.8, 4) is 11.5 Å². The van der Waals surface area contributed by atoms with Crippen LogP contribution in [0.3, 0.4) is 0 Å². The molecule has 2 N–H and O–H groups in total. The van der Waals surface area contributed by atoms with E-state index in [9.17, 15) is 4.39 Å². The number of aliphatic imine (C=N–C) groups is 1. The molecule has 0 aliphatic rings. The minimum atomic E-state index is -0.284. The van der Waals surface area contributed by atoms with E-state index in [2.05, 4.69) is 20.6 Å². The Balaban J connectivity index is 0.00000280. The number of aromatic nitrogens is 1. The van der Waals surface area contributed by atoms with Crippen LogP contribution in [0.5, 0.6) is 11.5 Å². The standard InChI is InChI=1S/C21H21FN4O.HI/c1-23-21(26-15-18-4-2-3-13-24-18)25-14-16-5-9-19(10-6-16)27-20-11-7-17(22)8-12-20;/h2-13H,14-15H2,1H3,(H2,23,25,26);1H. The third-order valence-corrected chi connectivity index (χ3v) is 3.82. The molecule has 0 spiro atoms. The Bertz CT molecular complexity index is 871. The van der Waals surface area contributed by atoms with E-state index in [0.29, 0.717) is 30.5 Å². The first-order valence-corrected chi connectivity index (χ1v) is 8.60. The summed E-state index contributed by atoms with van der Waals surface area (Å²) in [5, 5.41) is 6.49. The van der Waals surface area contributed by atoms with E-state index in [4.69, 9.17) is 4.74 Å². The second-order valence-electron chi connectivity index (χ2n) is 5.80. The van der Waals surface area contributed by atoms with Crippen molar-refractivity contribution in [1.82, 2.24) is 15.6 Å². The molecule has 7 heteroatoms. The van der Waals surface area contributed by atoms with E-state index in [1.54, 1.807) is 25.4 Å². The van der Waals surface area contributed by atoms with E-state index >= 15 is 0 Å². The van der Waals surface area contributed by atoms with Gasteiger partial charge in [-0.15, -0.1) is 24.0 Å². The molecule has 0 fully saturated rings. The second-order valence-corrected chi connectivity index (χ2v) is 5.80. The van der Waals surface area contributed by atoms with Gasteiger partial charge in [0.25, 0.3) is 0 Å². The van der Waals surface area contributed by atoms with Gasteiger partial charge in [0.1, 0.15) is 17.3 Å². The number of pyridine rings is 1. The first-order chi connectivity index (χ1) is 13.2. The summed E-state index contributed by atoms with van der Waals surface area (Å²) in [6.07, 6.45) is 1.77. The average molecular weight is 492 g/mol. The zero-order valence-electron chi connectivity index (χ0n) is 15.4. The zero-order chi connectivity index (χ0) is 18.9. The molecule has 3 rings (SSSR count). The highest BCUT2D eigenvalue weighted by Crippen LogP contribution is 2.21. The molecule has 0 unspecified atom stereocenters. The molecule has 0 saturated heterocycles. The Hall–Kier alpha value is -2.68. The third-order valence-electron chi connectivity index (χ3n) is 3.82. The first-order valence-electron chi connectivity index (χ1n) is 8.60. The lowest BCUT2D eigenvalue weighted by Gasteiger charge is -2.12. The number of halogens is 2. The lowest BCUT2D eigenvalue weighted by molar-refractivity contribution is 0.480. The minimum absolute atomic E-state index is 0. The van der Waals surface area contributed by atoms with E-state index in [-0.39, 0.29) is 29.8 Å². The number of benzene rings is 2. The minimum Gasteiger partial charge on any atom is -0.457 e. The molecule has 3 aromatic rings. The lowest BCUT2D eigenvalue weighted by Crippen LogP contribution is -2.36. The van der Waals surface area contributed by atoms with Crippen molar-refractivity contribution in [2.45, 2.75) is 13.1 Å². The highest BCUT2D eigenvalue weighted by Gasteiger charge is 2.01. The molecule has 0 aliphatic carbocycles. The molecule has 0 aliphatic heterocycles. The largest absolute Gasteiger partial charge is 0.457 e. The van der Waals surface area contributed by atoms with Crippen LogP contribution in [0.2, 0.25) is 0 Å². The predicted molar refractivity (Wildman–Crippen MR) is 120 cm³/mol. The highest BCUT2D eigenvalue weighted by atomic mass is 127. The molecule has 28 heavy (non-hydrogen) atoms. The molecule has 146 valence electrons. The maximum atomic E-state index is 12.9. The first kappa shape index (κ1) is 21.6. The molecule has 1 aromatic heterocycles. The number of hydrogen-bond donors (Lipinski definition) is 2. The van der Waals surface area contributed by atoms with Crippen molar-refractivity contribution < 1.29 is 9.13 Å². The van der Waals surface area contributed by atoms with Crippen molar-refractivity contribution in [1.29, 1.82) is 0 Å². The number of hydrogen-bond acceptors (Lipinski definition) is 3. The van der Waals surface area contributed by atoms with Crippen LogP contribution < -0.4 is 15.4 Å². The summed E-state index contributed by atoms with van der Waals surface area (Å²) in [5.74, 6) is 1.71. The fraction of sp³-hybridized carbons (Fsp3) is 0.143. The summed E-state index contributed by atoms with van der Waals surface area (Å²) >= 11 is 0. The number of nitrogens with one attached hydrogen (secondary N) is 2. The smallest absolute Gasteiger partial charge is 0.191 e. The molecule has 1 heterocycles. The van der Waals surface area contributed by atoms with Gasteiger partial charge in [-0.2, -0.15) is 0 Å². The molecule has 0 atom stereocenters. The van der Waals surface area contributed by atoms with Crippen LogP contribution >= 0.6 is 24.0 Å². The Labute approximate surface area is 181 Å². The zero-order valence-corrected chi connectivity index (χ0v) is 17.8. The van der Waals surface area contributed by atoms with Gasteiger partial charge < -0.3 is 15.4 Å². The molecular weight excluding hydrogens is 470 g/mol. The second kappa shape index (κ2) is 11.2. The molecule has 5 nitrogen and oxygen atoms in total. The molecule has 0 saturated carbocycles. The number of rotatable bonds is 6. The van der Waals surface area contributed by atoms with Gasteiger partial charge in [0, 0.05) is 19.8 Å². The third kappa shape index (κ3) is 6.80. The fourth-order valence-electron chi connectivity index (χ4n) is 2.40. The summed E-state index contributed by atoms with van der Waals surface area (Å²) in [4.78, 5) is 8.48. The summed E-state index contributed by atoms with van der Waals surface area (Å²) in [6.45, 7) is 1.23. The Morgan fingerprint density at radius 2 is 1.57 bits per heavy atom. The van der Waals surface area contributed by atoms with E-state index in [0.717, 1.165) is 11.3 Å². The van der Waals surface area contributed by atoms with Gasteiger partial charge in [-0.05, 0) is 54.1 Å². The average Bonchev–Trinajstić information content (AvgIpc) is 2.72. The fourth-order valence-corrected chi connectivity index (χ4v) is 2.40. The van der Waals surface area contributed by atoms with Gasteiger partial charge in [0.2, 0.25) is 0 Å². The summed E-state index contributed by atoms with van der Waals surface area (Å²) in [5.41, 5.74) is 2.03. The summed E-state index contributed by atoms with van der Waals surface area (Å²) < 4.78 is 18.6. The highest BCUT2D eigenvalue weighted by molar-refractivity contribution is 14.0. The van der Waals surface area contributed by atoms with Crippen molar-refractivity contribution in [3.05, 3.63) is 90.0 Å². The van der Waals surface area contributed by atoms with Crippen LogP contribution in [0, 0.1) is 5.82 Å². The SMILES string of the molecule is CN=C(NCc1ccc(Oc2ccc(F)cc2)cc1)NCc1ccccn1.I. The van der Waals surface area contributed by atoms with Gasteiger partial charge in [-0.25, -0.2) is 4.39 Å². The summed E-state index contributed by atoms with van der Waals surface area (Å²) in [7, 11) is 1.73. The maximum Gasteiger partial charge on any atom is 0.191 e. The van der Waals surface area contributed by atoms with Crippen LogP contribution in [-0.2, 0) is 13.1 Å². The summed E-state index contributed by atoms with van der Waals surface area (Å²) in [6, 6.07) is 19.4. The van der Waals surface area contributed by atoms with Gasteiger partial charge in [-0.3, -0.25) is 9.98 Å². The van der Waals surface area contributed by atoms with Crippen LogP contribution in [0.15, 0.2) is 77.9 Å². The van der Waals surface area contributed by atoms with Crippen molar-refractivity contribution in [2.75, 3.05) is 7.05 Å². The molecule has 0 radical (unpaired) electrons. The Morgan fingerprint density at radius 1 is 0.929 bits per heavy atom. The van der Waals surface area contributed by atoms with Crippen LogP contribution in [0.1, 0.15) is 11.3 Å². The molecule has 0 bridgehead atoms. The Kier molecular flexibility index (Phi) is 8.67. The van der Waals surface area contributed by atoms with Crippen LogP contribution in [0.4, 0.5) is 4.39 Å². The van der Waals surface area contributed by atoms with E-state index in [1.165, 1.54) is 12.1 Å². The van der Waals surface area contributed by atoms with Crippen molar-refractivity contribution >= 4 is 29.9 Å². The van der Waals surface area contributed by atoms with Gasteiger partial charge in [-0.1, -0.05) is 18.2 Å². The number of ether oxygens (including phenoxy) is 1.